The number of alkyl halides is 3. The van der Waals surface area contributed by atoms with Gasteiger partial charge in [0.1, 0.15) is 0 Å². The van der Waals surface area contributed by atoms with E-state index in [1.54, 1.807) is 42.5 Å². The molecule has 0 fully saturated rings. The van der Waals surface area contributed by atoms with Crippen molar-refractivity contribution in [3.05, 3.63) is 83.9 Å². The van der Waals surface area contributed by atoms with Gasteiger partial charge in [0, 0.05) is 18.0 Å². The number of carbonyl (C=O) groups is 2. The number of amides is 1. The van der Waals surface area contributed by atoms with Crippen molar-refractivity contribution in [1.29, 1.82) is 0 Å². The van der Waals surface area contributed by atoms with E-state index in [1.807, 2.05) is 35.6 Å². The molecule has 0 bridgehead atoms. The Kier molecular flexibility index (Phi) is 5.78. The highest BCUT2D eigenvalue weighted by atomic mass is 19.4. The molecule has 28 heavy (non-hydrogen) atoms. The number of rotatable bonds is 6. The molecule has 1 N–H and O–H groups in total. The van der Waals surface area contributed by atoms with Gasteiger partial charge in [-0.3, -0.25) is 9.59 Å². The number of carbonyl (C=O) groups excluding carboxylic acids is 2. The van der Waals surface area contributed by atoms with Crippen molar-refractivity contribution in [3.63, 3.8) is 0 Å². The zero-order valence-corrected chi connectivity index (χ0v) is 14.9. The number of fused-ring (bicyclic) bond motifs is 1. The van der Waals surface area contributed by atoms with Gasteiger partial charge in [0.25, 0.3) is 0 Å². The van der Waals surface area contributed by atoms with Crippen molar-refractivity contribution in [2.45, 2.75) is 25.1 Å². The van der Waals surface area contributed by atoms with Crippen molar-refractivity contribution in [1.82, 2.24) is 5.32 Å². The van der Waals surface area contributed by atoms with E-state index in [0.717, 1.165) is 16.3 Å². The molecule has 0 saturated carbocycles. The van der Waals surface area contributed by atoms with Crippen LogP contribution < -0.4 is 5.32 Å². The highest BCUT2D eigenvalue weighted by molar-refractivity contribution is 5.97. The van der Waals surface area contributed by atoms with E-state index in [2.05, 4.69) is 0 Å². The maximum atomic E-state index is 12.8. The number of hydrogen-bond acceptors (Lipinski definition) is 2. The van der Waals surface area contributed by atoms with E-state index < -0.39 is 18.1 Å². The van der Waals surface area contributed by atoms with Gasteiger partial charge in [0.15, 0.2) is 5.78 Å². The third kappa shape index (κ3) is 4.76. The SMILES string of the molecule is O=C(C[C@@H](Cc1cccc2ccccc12)NC(=O)C(F)(F)F)c1ccccc1. The van der Waals surface area contributed by atoms with Gasteiger partial charge in [-0.1, -0.05) is 72.8 Å². The zero-order valence-electron chi connectivity index (χ0n) is 14.9. The summed E-state index contributed by atoms with van der Waals surface area (Å²) in [7, 11) is 0. The Labute approximate surface area is 160 Å². The molecule has 0 saturated heterocycles. The van der Waals surface area contributed by atoms with Crippen LogP contribution in [0.3, 0.4) is 0 Å². The van der Waals surface area contributed by atoms with Crippen LogP contribution in [-0.4, -0.2) is 23.9 Å². The van der Waals surface area contributed by atoms with Crippen LogP contribution in [0, 0.1) is 0 Å². The number of Topliss-reactive ketones (excluding diaryl/α,β-unsaturated/α-hetero) is 1. The lowest BCUT2D eigenvalue weighted by atomic mass is 9.94. The topological polar surface area (TPSA) is 46.2 Å². The maximum Gasteiger partial charge on any atom is 0.471 e. The highest BCUT2D eigenvalue weighted by Gasteiger charge is 2.40. The fourth-order valence-electron chi connectivity index (χ4n) is 3.14. The number of nitrogens with one attached hydrogen (secondary N) is 1. The highest BCUT2D eigenvalue weighted by Crippen LogP contribution is 2.22. The molecule has 0 unspecified atom stereocenters. The second kappa shape index (κ2) is 8.25. The summed E-state index contributed by atoms with van der Waals surface area (Å²) >= 11 is 0. The summed E-state index contributed by atoms with van der Waals surface area (Å²) in [4.78, 5) is 24.0. The molecule has 0 aliphatic rings. The summed E-state index contributed by atoms with van der Waals surface area (Å²) < 4.78 is 38.3. The Hall–Kier alpha value is -3.15. The van der Waals surface area contributed by atoms with Crippen molar-refractivity contribution in [3.8, 4) is 0 Å². The Balaban J connectivity index is 1.87. The Bertz CT molecular complexity index is 978. The molecule has 0 aromatic heterocycles. The largest absolute Gasteiger partial charge is 0.471 e. The van der Waals surface area contributed by atoms with Gasteiger partial charge in [-0.2, -0.15) is 13.2 Å². The third-order valence-electron chi connectivity index (χ3n) is 4.47. The third-order valence-corrected chi connectivity index (χ3v) is 4.47. The first-order valence-corrected chi connectivity index (χ1v) is 8.77. The summed E-state index contributed by atoms with van der Waals surface area (Å²) in [5.74, 6) is -2.37. The molecule has 3 nitrogen and oxygen atoms in total. The lowest BCUT2D eigenvalue weighted by Gasteiger charge is -2.20. The van der Waals surface area contributed by atoms with E-state index >= 15 is 0 Å². The standard InChI is InChI=1S/C22H18F3NO2/c23-22(24,25)21(28)26-18(14-20(27)16-8-2-1-3-9-16)13-17-11-6-10-15-7-4-5-12-19(15)17/h1-12,18H,13-14H2,(H,26,28)/t18-/m1/s1. The molecule has 6 heteroatoms. The molecule has 3 rings (SSSR count). The minimum absolute atomic E-state index is 0.113. The lowest BCUT2D eigenvalue weighted by Crippen LogP contribution is -2.45. The predicted molar refractivity (Wildman–Crippen MR) is 101 cm³/mol. The fraction of sp³-hybridized carbons (Fsp3) is 0.182. The Morgan fingerprint density at radius 2 is 1.50 bits per heavy atom. The molecule has 3 aromatic carbocycles. The van der Waals surface area contributed by atoms with Crippen molar-refractivity contribution < 1.29 is 22.8 Å². The summed E-state index contributed by atoms with van der Waals surface area (Å²) in [5, 5.41) is 3.80. The molecule has 144 valence electrons. The number of hydrogen-bond donors (Lipinski definition) is 1. The van der Waals surface area contributed by atoms with Crippen LogP contribution in [0.5, 0.6) is 0 Å². The predicted octanol–water partition coefficient (Wildman–Crippen LogP) is 4.70. The molecular weight excluding hydrogens is 367 g/mol. The van der Waals surface area contributed by atoms with Gasteiger partial charge in [-0.15, -0.1) is 0 Å². The molecule has 0 radical (unpaired) electrons. The van der Waals surface area contributed by atoms with Crippen molar-refractivity contribution in [2.75, 3.05) is 0 Å². The second-order valence-electron chi connectivity index (χ2n) is 6.50. The first-order chi connectivity index (χ1) is 13.3. The van der Waals surface area contributed by atoms with E-state index in [1.165, 1.54) is 0 Å². The van der Waals surface area contributed by atoms with Crippen LogP contribution in [0.1, 0.15) is 22.3 Å². The van der Waals surface area contributed by atoms with Crippen LogP contribution in [0.4, 0.5) is 13.2 Å². The molecule has 0 aliphatic heterocycles. The molecular formula is C22H18F3NO2. The molecule has 1 atom stereocenters. The smallest absolute Gasteiger partial charge is 0.345 e. The molecule has 0 aliphatic carbocycles. The van der Waals surface area contributed by atoms with E-state index in [-0.39, 0.29) is 18.6 Å². The van der Waals surface area contributed by atoms with E-state index in [0.29, 0.717) is 5.56 Å². The fourth-order valence-corrected chi connectivity index (χ4v) is 3.14. The molecule has 0 heterocycles. The van der Waals surface area contributed by atoms with Crippen LogP contribution in [0.2, 0.25) is 0 Å². The second-order valence-corrected chi connectivity index (χ2v) is 6.50. The van der Waals surface area contributed by atoms with Crippen LogP contribution in [0.25, 0.3) is 10.8 Å². The maximum absolute atomic E-state index is 12.8. The Morgan fingerprint density at radius 3 is 2.21 bits per heavy atom. The molecule has 3 aromatic rings. The van der Waals surface area contributed by atoms with Gasteiger partial charge >= 0.3 is 12.1 Å². The Morgan fingerprint density at radius 1 is 0.857 bits per heavy atom. The monoisotopic (exact) mass is 385 g/mol. The normalized spacial score (nSPS) is 12.5. The number of benzene rings is 3. The molecule has 1 amide bonds. The lowest BCUT2D eigenvalue weighted by molar-refractivity contribution is -0.174. The summed E-state index contributed by atoms with van der Waals surface area (Å²) in [6.07, 6.45) is -5.12. The summed E-state index contributed by atoms with van der Waals surface area (Å²) in [5.41, 5.74) is 1.16. The van der Waals surface area contributed by atoms with Gasteiger partial charge < -0.3 is 5.32 Å². The van der Waals surface area contributed by atoms with Gasteiger partial charge in [0.05, 0.1) is 0 Å². The van der Waals surface area contributed by atoms with Crippen molar-refractivity contribution >= 4 is 22.5 Å². The molecule has 0 spiro atoms. The van der Waals surface area contributed by atoms with Gasteiger partial charge in [0.2, 0.25) is 0 Å². The zero-order chi connectivity index (χ0) is 20.1. The number of halogens is 3. The van der Waals surface area contributed by atoms with Crippen LogP contribution in [-0.2, 0) is 11.2 Å². The quantitative estimate of drug-likeness (QED) is 0.625. The minimum atomic E-state index is -5.01. The van der Waals surface area contributed by atoms with Crippen molar-refractivity contribution in [2.24, 2.45) is 0 Å². The van der Waals surface area contributed by atoms with E-state index in [9.17, 15) is 22.8 Å². The summed E-state index contributed by atoms with van der Waals surface area (Å²) in [6.45, 7) is 0. The minimum Gasteiger partial charge on any atom is -0.345 e. The first kappa shape index (κ1) is 19.6. The number of ketones is 1. The van der Waals surface area contributed by atoms with Crippen LogP contribution >= 0.6 is 0 Å². The van der Waals surface area contributed by atoms with Gasteiger partial charge in [-0.25, -0.2) is 0 Å². The van der Waals surface area contributed by atoms with Gasteiger partial charge in [-0.05, 0) is 22.8 Å². The van der Waals surface area contributed by atoms with E-state index in [4.69, 9.17) is 0 Å². The summed E-state index contributed by atoms with van der Waals surface area (Å²) in [6, 6.07) is 20.3. The average Bonchev–Trinajstić information content (AvgIpc) is 2.68. The average molecular weight is 385 g/mol. The first-order valence-electron chi connectivity index (χ1n) is 8.77. The van der Waals surface area contributed by atoms with Crippen LogP contribution in [0.15, 0.2) is 72.8 Å².